The molecule has 0 fully saturated rings. The summed E-state index contributed by atoms with van der Waals surface area (Å²) in [4.78, 5) is 13.7. The number of hydrogen-bond donors (Lipinski definition) is 1. The lowest BCUT2D eigenvalue weighted by molar-refractivity contribution is 0.102. The van der Waals surface area contributed by atoms with Gasteiger partial charge in [0.05, 0.1) is 7.11 Å². The lowest BCUT2D eigenvalue weighted by atomic mass is 10.1. The number of anilines is 1. The molecule has 3 aromatic carbocycles. The Labute approximate surface area is 158 Å². The summed E-state index contributed by atoms with van der Waals surface area (Å²) in [6.45, 7) is 2.01. The first kappa shape index (κ1) is 18.1. The lowest BCUT2D eigenvalue weighted by Crippen LogP contribution is -2.12. The van der Waals surface area contributed by atoms with Crippen LogP contribution >= 0.6 is 11.8 Å². The van der Waals surface area contributed by atoms with Crippen molar-refractivity contribution in [3.63, 3.8) is 0 Å². The lowest BCUT2D eigenvalue weighted by Gasteiger charge is -2.11. The zero-order valence-corrected chi connectivity index (χ0v) is 15.7. The molecular formula is C22H21NO2S. The Hall–Kier alpha value is -2.72. The molecule has 0 saturated heterocycles. The molecule has 0 bridgehead atoms. The van der Waals surface area contributed by atoms with Gasteiger partial charge < -0.3 is 10.1 Å². The Balaban J connectivity index is 1.66. The summed E-state index contributed by atoms with van der Waals surface area (Å²) in [5, 5.41) is 2.98. The third kappa shape index (κ3) is 4.67. The van der Waals surface area contributed by atoms with E-state index in [2.05, 4.69) is 29.6 Å². The molecule has 3 nitrogen and oxygen atoms in total. The molecule has 4 heteroatoms. The van der Waals surface area contributed by atoms with E-state index in [4.69, 9.17) is 4.74 Å². The van der Waals surface area contributed by atoms with Crippen LogP contribution in [0.15, 0.2) is 77.7 Å². The minimum absolute atomic E-state index is 0.140. The van der Waals surface area contributed by atoms with Crippen molar-refractivity contribution in [3.05, 3.63) is 89.5 Å². The van der Waals surface area contributed by atoms with Crippen LogP contribution in [0.4, 0.5) is 5.69 Å². The van der Waals surface area contributed by atoms with Crippen molar-refractivity contribution in [3.8, 4) is 5.75 Å². The molecule has 0 aliphatic carbocycles. The van der Waals surface area contributed by atoms with Crippen molar-refractivity contribution in [1.82, 2.24) is 0 Å². The highest BCUT2D eigenvalue weighted by Gasteiger charge is 2.09. The van der Waals surface area contributed by atoms with Crippen LogP contribution in [0.25, 0.3) is 0 Å². The van der Waals surface area contributed by atoms with E-state index < -0.39 is 0 Å². The first-order valence-electron chi connectivity index (χ1n) is 8.38. The second-order valence-corrected chi connectivity index (χ2v) is 6.99. The van der Waals surface area contributed by atoms with Crippen molar-refractivity contribution in [2.45, 2.75) is 17.6 Å². The fourth-order valence-corrected chi connectivity index (χ4v) is 3.46. The summed E-state index contributed by atoms with van der Waals surface area (Å²) in [5.41, 5.74) is 3.68. The molecule has 1 N–H and O–H groups in total. The molecule has 0 aliphatic heterocycles. The summed E-state index contributed by atoms with van der Waals surface area (Å²) in [5.74, 6) is 1.43. The van der Waals surface area contributed by atoms with Crippen LogP contribution in [0.1, 0.15) is 21.5 Å². The quantitative estimate of drug-likeness (QED) is 0.584. The van der Waals surface area contributed by atoms with E-state index in [9.17, 15) is 4.79 Å². The summed E-state index contributed by atoms with van der Waals surface area (Å²) >= 11 is 1.80. The molecule has 3 aromatic rings. The monoisotopic (exact) mass is 363 g/mol. The fraction of sp³-hybridized carbons (Fsp3) is 0.136. The summed E-state index contributed by atoms with van der Waals surface area (Å²) in [6.07, 6.45) is 0. The topological polar surface area (TPSA) is 38.3 Å². The zero-order chi connectivity index (χ0) is 18.4. The number of thioether (sulfide) groups is 1. The average Bonchev–Trinajstić information content (AvgIpc) is 2.69. The smallest absolute Gasteiger partial charge is 0.255 e. The highest BCUT2D eigenvalue weighted by Crippen LogP contribution is 2.25. The predicted octanol–water partition coefficient (Wildman–Crippen LogP) is 5.55. The van der Waals surface area contributed by atoms with Gasteiger partial charge in [-0.25, -0.2) is 0 Å². The Morgan fingerprint density at radius 3 is 2.54 bits per heavy atom. The van der Waals surface area contributed by atoms with Gasteiger partial charge in [0, 0.05) is 21.9 Å². The molecule has 0 aliphatic rings. The minimum Gasteiger partial charge on any atom is -0.497 e. The molecule has 132 valence electrons. The normalized spacial score (nSPS) is 10.4. The van der Waals surface area contributed by atoms with E-state index in [-0.39, 0.29) is 5.91 Å². The number of methoxy groups -OCH3 is 1. The van der Waals surface area contributed by atoms with Gasteiger partial charge in [-0.2, -0.15) is 0 Å². The van der Waals surface area contributed by atoms with Gasteiger partial charge in [-0.1, -0.05) is 36.4 Å². The second kappa shape index (κ2) is 8.59. The van der Waals surface area contributed by atoms with Crippen LogP contribution < -0.4 is 10.1 Å². The van der Waals surface area contributed by atoms with Gasteiger partial charge in [-0.05, 0) is 54.4 Å². The van der Waals surface area contributed by atoms with Gasteiger partial charge in [-0.3, -0.25) is 4.79 Å². The number of nitrogens with one attached hydrogen (secondary N) is 1. The zero-order valence-electron chi connectivity index (χ0n) is 14.9. The first-order chi connectivity index (χ1) is 12.7. The Morgan fingerprint density at radius 2 is 1.81 bits per heavy atom. The van der Waals surface area contributed by atoms with Gasteiger partial charge in [0.1, 0.15) is 5.75 Å². The number of rotatable bonds is 6. The Kier molecular flexibility index (Phi) is 5.97. The molecule has 0 radical (unpaired) electrons. The van der Waals surface area contributed by atoms with Crippen LogP contribution in [0.5, 0.6) is 5.75 Å². The van der Waals surface area contributed by atoms with E-state index in [1.165, 1.54) is 10.5 Å². The van der Waals surface area contributed by atoms with E-state index in [0.29, 0.717) is 11.3 Å². The van der Waals surface area contributed by atoms with Gasteiger partial charge >= 0.3 is 0 Å². The van der Waals surface area contributed by atoms with Crippen LogP contribution in [0, 0.1) is 6.92 Å². The van der Waals surface area contributed by atoms with E-state index in [1.54, 1.807) is 31.0 Å². The third-order valence-corrected chi connectivity index (χ3v) is 5.10. The summed E-state index contributed by atoms with van der Waals surface area (Å²) in [7, 11) is 1.59. The highest BCUT2D eigenvalue weighted by molar-refractivity contribution is 7.98. The van der Waals surface area contributed by atoms with E-state index in [1.807, 2.05) is 43.3 Å². The van der Waals surface area contributed by atoms with Crippen molar-refractivity contribution in [2.75, 3.05) is 12.4 Å². The minimum atomic E-state index is -0.140. The fourth-order valence-electron chi connectivity index (χ4n) is 2.60. The number of benzene rings is 3. The average molecular weight is 363 g/mol. The van der Waals surface area contributed by atoms with Gasteiger partial charge in [0.25, 0.3) is 5.91 Å². The molecule has 26 heavy (non-hydrogen) atoms. The molecule has 3 rings (SSSR count). The first-order valence-corrected chi connectivity index (χ1v) is 9.37. The predicted molar refractivity (Wildman–Crippen MR) is 108 cm³/mol. The highest BCUT2D eigenvalue weighted by atomic mass is 32.2. The molecule has 0 spiro atoms. The van der Waals surface area contributed by atoms with Gasteiger partial charge in [-0.15, -0.1) is 11.8 Å². The van der Waals surface area contributed by atoms with Crippen molar-refractivity contribution in [1.29, 1.82) is 0 Å². The Bertz CT molecular complexity index is 894. The number of amides is 1. The van der Waals surface area contributed by atoms with Crippen LogP contribution in [-0.4, -0.2) is 13.0 Å². The maximum Gasteiger partial charge on any atom is 0.255 e. The maximum absolute atomic E-state index is 12.5. The van der Waals surface area contributed by atoms with Gasteiger partial charge in [0.15, 0.2) is 0 Å². The molecule has 0 heterocycles. The molecular weight excluding hydrogens is 342 g/mol. The number of aryl methyl sites for hydroxylation is 1. The third-order valence-electron chi connectivity index (χ3n) is 4.02. The summed E-state index contributed by atoms with van der Waals surface area (Å²) < 4.78 is 5.18. The number of hydrogen-bond acceptors (Lipinski definition) is 3. The summed E-state index contributed by atoms with van der Waals surface area (Å²) in [6, 6.07) is 23.6. The van der Waals surface area contributed by atoms with Gasteiger partial charge in [0.2, 0.25) is 0 Å². The van der Waals surface area contributed by atoms with Crippen molar-refractivity contribution >= 4 is 23.4 Å². The maximum atomic E-state index is 12.5. The molecule has 0 aromatic heterocycles. The number of ether oxygens (including phenoxy) is 1. The van der Waals surface area contributed by atoms with E-state index >= 15 is 0 Å². The van der Waals surface area contributed by atoms with Crippen molar-refractivity contribution in [2.24, 2.45) is 0 Å². The number of carbonyl (C=O) groups is 1. The standard InChI is InChI=1S/C22H21NO2S/c1-16-13-17(15-26-20-9-4-3-5-10-20)11-12-21(16)23-22(24)18-7-6-8-19(14-18)25-2/h3-14H,15H2,1-2H3,(H,23,24). The van der Waals surface area contributed by atoms with E-state index in [0.717, 1.165) is 17.0 Å². The number of carbonyl (C=O) groups excluding carboxylic acids is 1. The molecule has 0 saturated carbocycles. The largest absolute Gasteiger partial charge is 0.497 e. The Morgan fingerprint density at radius 1 is 1.00 bits per heavy atom. The van der Waals surface area contributed by atoms with Crippen LogP contribution in [0.2, 0.25) is 0 Å². The van der Waals surface area contributed by atoms with Crippen molar-refractivity contribution < 1.29 is 9.53 Å². The second-order valence-electron chi connectivity index (χ2n) is 5.94. The molecule has 1 amide bonds. The van der Waals surface area contributed by atoms with Crippen LogP contribution in [0.3, 0.4) is 0 Å². The molecule has 0 atom stereocenters. The molecule has 0 unspecified atom stereocenters. The SMILES string of the molecule is COc1cccc(C(=O)Nc2ccc(CSc3ccccc3)cc2C)c1. The van der Waals surface area contributed by atoms with Crippen LogP contribution in [-0.2, 0) is 5.75 Å².